The molecule has 1 saturated heterocycles. The van der Waals surface area contributed by atoms with Crippen LogP contribution < -0.4 is 0 Å². The van der Waals surface area contributed by atoms with Gasteiger partial charge in [-0.25, -0.2) is 0 Å². The first-order valence-corrected chi connectivity index (χ1v) is 4.98. The molecular weight excluding hydrogens is 156 g/mol. The highest BCUT2D eigenvalue weighted by molar-refractivity contribution is 7.80. The molecule has 1 heterocycles. The van der Waals surface area contributed by atoms with Crippen LogP contribution in [0.4, 0.5) is 0 Å². The largest absolute Gasteiger partial charge is 0.292 e. The van der Waals surface area contributed by atoms with Crippen LogP contribution in [0.1, 0.15) is 12.8 Å². The highest BCUT2D eigenvalue weighted by atomic mass is 32.1. The lowest BCUT2D eigenvalue weighted by Gasteiger charge is -2.14. The van der Waals surface area contributed by atoms with Gasteiger partial charge in [0, 0.05) is 13.1 Å². The molecule has 0 aliphatic carbocycles. The van der Waals surface area contributed by atoms with Crippen molar-refractivity contribution in [3.05, 3.63) is 0 Å². The number of rotatable bonds is 4. The minimum Gasteiger partial charge on any atom is -0.292 e. The Kier molecular flexibility index (Phi) is 4.26. The Balaban J connectivity index is 1.99. The molecule has 0 amide bonds. The van der Waals surface area contributed by atoms with E-state index in [-0.39, 0.29) is 0 Å². The summed E-state index contributed by atoms with van der Waals surface area (Å²) in [5.74, 6) is 1.03. The molecule has 0 N–H and O–H groups in total. The predicted molar refractivity (Wildman–Crippen MR) is 52.2 cm³/mol. The van der Waals surface area contributed by atoms with Gasteiger partial charge < -0.3 is 0 Å². The number of nitrogens with zero attached hydrogens (tertiary/aromatic N) is 2. The molecule has 66 valence electrons. The van der Waals surface area contributed by atoms with E-state index in [1.807, 2.05) is 0 Å². The average molecular weight is 174 g/mol. The molecule has 0 aromatic rings. The molecule has 0 saturated carbocycles. The number of hydrogen-bond acceptors (Lipinski definition) is 3. The van der Waals surface area contributed by atoms with Crippen molar-refractivity contribution in [1.82, 2.24) is 9.80 Å². The summed E-state index contributed by atoms with van der Waals surface area (Å²) in [7, 11) is 2.18. The second-order valence-corrected chi connectivity index (χ2v) is 3.72. The average Bonchev–Trinajstić information content (AvgIpc) is 2.37. The number of likely N-dealkylation sites (N-methyl/N-ethyl adjacent to an activating group) is 1. The molecule has 0 bridgehead atoms. The van der Waals surface area contributed by atoms with Crippen LogP contribution >= 0.6 is 12.6 Å². The van der Waals surface area contributed by atoms with Gasteiger partial charge in [-0.15, -0.1) is 0 Å². The molecule has 1 rings (SSSR count). The Bertz CT molecular complexity index is 108. The standard InChI is InChI=1S/C8H18N2S/c1-9-5-6-10(8-9)4-2-3-7-11/h11H,2-8H2,1H3. The zero-order chi connectivity index (χ0) is 8.10. The smallest absolute Gasteiger partial charge is 0.0504 e. The lowest BCUT2D eigenvalue weighted by atomic mass is 10.3. The van der Waals surface area contributed by atoms with Gasteiger partial charge in [0.1, 0.15) is 0 Å². The SMILES string of the molecule is CN1CCN(CCCCS)C1. The molecule has 0 atom stereocenters. The Labute approximate surface area is 75.0 Å². The van der Waals surface area contributed by atoms with E-state index in [0.29, 0.717) is 0 Å². The van der Waals surface area contributed by atoms with Crippen molar-refractivity contribution >= 4 is 12.6 Å². The molecular formula is C8H18N2S. The summed E-state index contributed by atoms with van der Waals surface area (Å²) in [4.78, 5) is 4.87. The fourth-order valence-corrected chi connectivity index (χ4v) is 1.65. The number of thiol groups is 1. The zero-order valence-electron chi connectivity index (χ0n) is 7.29. The van der Waals surface area contributed by atoms with Gasteiger partial charge in [0.2, 0.25) is 0 Å². The molecule has 1 aliphatic rings. The van der Waals surface area contributed by atoms with Crippen LogP contribution in [0.25, 0.3) is 0 Å². The third-order valence-corrected chi connectivity index (χ3v) is 2.44. The molecule has 1 fully saturated rings. The Morgan fingerprint density at radius 2 is 2.09 bits per heavy atom. The van der Waals surface area contributed by atoms with E-state index in [9.17, 15) is 0 Å². The van der Waals surface area contributed by atoms with Crippen LogP contribution in [0.15, 0.2) is 0 Å². The van der Waals surface area contributed by atoms with Crippen molar-refractivity contribution in [2.75, 3.05) is 39.1 Å². The van der Waals surface area contributed by atoms with Crippen LogP contribution in [0.2, 0.25) is 0 Å². The summed E-state index contributed by atoms with van der Waals surface area (Å²) in [6, 6.07) is 0. The van der Waals surface area contributed by atoms with E-state index >= 15 is 0 Å². The lowest BCUT2D eigenvalue weighted by Crippen LogP contribution is -2.24. The van der Waals surface area contributed by atoms with Crippen molar-refractivity contribution < 1.29 is 0 Å². The second kappa shape index (κ2) is 5.01. The molecule has 0 aromatic heterocycles. The van der Waals surface area contributed by atoms with Crippen molar-refractivity contribution in [1.29, 1.82) is 0 Å². The van der Waals surface area contributed by atoms with Crippen LogP contribution in [0, 0.1) is 0 Å². The van der Waals surface area contributed by atoms with E-state index in [1.54, 1.807) is 0 Å². The first-order valence-electron chi connectivity index (χ1n) is 4.34. The van der Waals surface area contributed by atoms with Gasteiger partial charge in [0.25, 0.3) is 0 Å². The normalized spacial score (nSPS) is 21.3. The highest BCUT2D eigenvalue weighted by Crippen LogP contribution is 2.03. The van der Waals surface area contributed by atoms with Crippen LogP contribution in [-0.2, 0) is 0 Å². The Hall–Kier alpha value is 0.270. The van der Waals surface area contributed by atoms with Crippen LogP contribution in [0.3, 0.4) is 0 Å². The third kappa shape index (κ3) is 3.45. The van der Waals surface area contributed by atoms with Crippen molar-refractivity contribution in [2.45, 2.75) is 12.8 Å². The number of unbranched alkanes of at least 4 members (excludes halogenated alkanes) is 1. The topological polar surface area (TPSA) is 6.48 Å². The molecule has 3 heteroatoms. The van der Waals surface area contributed by atoms with E-state index in [0.717, 1.165) is 12.4 Å². The zero-order valence-corrected chi connectivity index (χ0v) is 8.19. The van der Waals surface area contributed by atoms with E-state index in [4.69, 9.17) is 0 Å². The first kappa shape index (κ1) is 9.36. The monoisotopic (exact) mass is 174 g/mol. The maximum atomic E-state index is 4.19. The molecule has 1 aliphatic heterocycles. The van der Waals surface area contributed by atoms with Crippen molar-refractivity contribution in [2.24, 2.45) is 0 Å². The summed E-state index contributed by atoms with van der Waals surface area (Å²) < 4.78 is 0. The Morgan fingerprint density at radius 1 is 1.27 bits per heavy atom. The fourth-order valence-electron chi connectivity index (χ4n) is 1.42. The maximum absolute atomic E-state index is 4.19. The van der Waals surface area contributed by atoms with Gasteiger partial charge in [-0.3, -0.25) is 9.80 Å². The van der Waals surface area contributed by atoms with Crippen LogP contribution in [0.5, 0.6) is 0 Å². The van der Waals surface area contributed by atoms with Gasteiger partial charge in [-0.2, -0.15) is 12.6 Å². The summed E-state index contributed by atoms with van der Waals surface area (Å²) in [5.41, 5.74) is 0. The molecule has 0 spiro atoms. The molecule has 11 heavy (non-hydrogen) atoms. The quantitative estimate of drug-likeness (QED) is 0.500. The third-order valence-electron chi connectivity index (χ3n) is 2.12. The van der Waals surface area contributed by atoms with Crippen LogP contribution in [-0.4, -0.2) is 48.9 Å². The molecule has 2 nitrogen and oxygen atoms in total. The first-order chi connectivity index (χ1) is 5.33. The van der Waals surface area contributed by atoms with Crippen molar-refractivity contribution in [3.63, 3.8) is 0 Å². The van der Waals surface area contributed by atoms with Gasteiger partial charge in [-0.1, -0.05) is 0 Å². The van der Waals surface area contributed by atoms with Crippen molar-refractivity contribution in [3.8, 4) is 0 Å². The lowest BCUT2D eigenvalue weighted by molar-refractivity contribution is 0.271. The van der Waals surface area contributed by atoms with E-state index in [1.165, 1.54) is 32.5 Å². The number of hydrogen-bond donors (Lipinski definition) is 1. The summed E-state index contributed by atoms with van der Waals surface area (Å²) in [6.45, 7) is 4.90. The van der Waals surface area contributed by atoms with E-state index < -0.39 is 0 Å². The van der Waals surface area contributed by atoms with Gasteiger partial charge in [-0.05, 0) is 32.2 Å². The Morgan fingerprint density at radius 3 is 2.64 bits per heavy atom. The fraction of sp³-hybridized carbons (Fsp3) is 1.00. The highest BCUT2D eigenvalue weighted by Gasteiger charge is 2.14. The molecule has 0 radical (unpaired) electrons. The van der Waals surface area contributed by atoms with E-state index in [2.05, 4.69) is 29.5 Å². The second-order valence-electron chi connectivity index (χ2n) is 3.27. The minimum atomic E-state index is 1.03. The summed E-state index contributed by atoms with van der Waals surface area (Å²) >= 11 is 4.19. The maximum Gasteiger partial charge on any atom is 0.0504 e. The molecule has 0 aromatic carbocycles. The minimum absolute atomic E-state index is 1.03. The van der Waals surface area contributed by atoms with Gasteiger partial charge >= 0.3 is 0 Å². The van der Waals surface area contributed by atoms with Gasteiger partial charge in [0.05, 0.1) is 6.67 Å². The predicted octanol–water partition coefficient (Wildman–Crippen LogP) is 0.901. The summed E-state index contributed by atoms with van der Waals surface area (Å²) in [6.07, 6.45) is 2.56. The van der Waals surface area contributed by atoms with Gasteiger partial charge in [0.15, 0.2) is 0 Å². The summed E-state index contributed by atoms with van der Waals surface area (Å²) in [5, 5.41) is 0. The molecule has 0 unspecified atom stereocenters.